The highest BCUT2D eigenvalue weighted by Crippen LogP contribution is 2.31. The molecule has 140 valence electrons. The molecule has 0 saturated carbocycles. The molecule has 0 aromatic rings. The molecule has 1 aliphatic rings. The van der Waals surface area contributed by atoms with E-state index >= 15 is 0 Å². The lowest BCUT2D eigenvalue weighted by molar-refractivity contribution is -0.137. The number of aliphatic carboxylic acids is 1. The molecule has 1 rings (SSSR count). The number of carboxylic acid groups (broad SMARTS) is 1. The van der Waals surface area contributed by atoms with Gasteiger partial charge in [-0.1, -0.05) is 33.6 Å². The Hall–Kier alpha value is -0.990. The second kappa shape index (κ2) is 8.40. The first-order valence-electron chi connectivity index (χ1n) is 8.40. The van der Waals surface area contributed by atoms with Crippen LogP contribution in [0.25, 0.3) is 0 Å². The number of hydrogen-bond donors (Lipinski definition) is 3. The van der Waals surface area contributed by atoms with Crippen LogP contribution in [-0.2, 0) is 19.7 Å². The highest BCUT2D eigenvalue weighted by molar-refractivity contribution is 7.87. The van der Waals surface area contributed by atoms with Gasteiger partial charge >= 0.3 is 5.97 Å². The Balaban J connectivity index is 2.75. The molecule has 0 aromatic carbocycles. The molecule has 0 aliphatic carbocycles. The van der Waals surface area contributed by atoms with Crippen molar-refractivity contribution in [3.8, 4) is 0 Å². The first kappa shape index (κ1) is 21.1. The van der Waals surface area contributed by atoms with Gasteiger partial charge in [0.1, 0.15) is 0 Å². The van der Waals surface area contributed by atoms with Gasteiger partial charge in [-0.05, 0) is 31.7 Å². The van der Waals surface area contributed by atoms with Gasteiger partial charge in [0.25, 0.3) is 10.1 Å². The Kier molecular flexibility index (Phi) is 7.37. The van der Waals surface area contributed by atoms with Gasteiger partial charge in [0, 0.05) is 17.9 Å². The summed E-state index contributed by atoms with van der Waals surface area (Å²) in [7, 11) is -4.50. The molecule has 0 amide bonds. The smallest absolute Gasteiger partial charge is 0.303 e. The number of nitrogens with one attached hydrogen (secondary N) is 1. The van der Waals surface area contributed by atoms with Crippen molar-refractivity contribution in [3.63, 3.8) is 0 Å². The molecule has 3 atom stereocenters. The number of hydrogen-bond acceptors (Lipinski definition) is 5. The molecule has 2 unspecified atom stereocenters. The van der Waals surface area contributed by atoms with Gasteiger partial charge in [0.05, 0.1) is 0 Å². The maximum atomic E-state index is 12.6. The second-order valence-corrected chi connectivity index (χ2v) is 9.11. The number of carbonyl (C=O) groups excluding carboxylic acids is 1. The van der Waals surface area contributed by atoms with E-state index in [9.17, 15) is 22.6 Å². The lowest BCUT2D eigenvalue weighted by Crippen LogP contribution is -2.52. The minimum atomic E-state index is -4.50. The third-order valence-electron chi connectivity index (χ3n) is 4.51. The quantitative estimate of drug-likeness (QED) is 0.422. The number of unbranched alkanes of at least 4 members (excludes halogenated alkanes) is 2. The summed E-state index contributed by atoms with van der Waals surface area (Å²) < 4.78 is 33.3. The summed E-state index contributed by atoms with van der Waals surface area (Å²) in [6, 6.07) is -0.591. The Morgan fingerprint density at radius 1 is 1.21 bits per heavy atom. The van der Waals surface area contributed by atoms with Crippen LogP contribution in [0.4, 0.5) is 0 Å². The highest BCUT2D eigenvalue weighted by Gasteiger charge is 2.47. The van der Waals surface area contributed by atoms with E-state index in [0.29, 0.717) is 19.4 Å². The van der Waals surface area contributed by atoms with E-state index in [1.807, 2.05) is 0 Å². The van der Waals surface area contributed by atoms with Crippen molar-refractivity contribution in [2.24, 2.45) is 11.3 Å². The molecule has 24 heavy (non-hydrogen) atoms. The molecule has 1 fully saturated rings. The standard InChI is InChI=1S/C16H29NO6S/c1-16(2,3)15(20)14(24(21,22)23)13-11(9-10-17-13)7-5-4-6-8-12(18)19/h11,13-14,17H,4-10H2,1-3H3,(H,18,19)(H,21,22,23)/t11-,13?,14?/m0/s1. The zero-order valence-corrected chi connectivity index (χ0v) is 15.4. The second-order valence-electron chi connectivity index (χ2n) is 7.57. The summed E-state index contributed by atoms with van der Waals surface area (Å²) in [5.41, 5.74) is -0.864. The third kappa shape index (κ3) is 6.14. The fourth-order valence-corrected chi connectivity index (χ4v) is 4.54. The number of rotatable bonds is 9. The minimum absolute atomic E-state index is 0.0203. The van der Waals surface area contributed by atoms with E-state index in [2.05, 4.69) is 5.32 Å². The summed E-state index contributed by atoms with van der Waals surface area (Å²) in [6.07, 6.45) is 3.69. The van der Waals surface area contributed by atoms with Crippen LogP contribution in [0, 0.1) is 11.3 Å². The van der Waals surface area contributed by atoms with E-state index in [1.54, 1.807) is 20.8 Å². The number of ketones is 1. The van der Waals surface area contributed by atoms with Crippen LogP contribution in [0.1, 0.15) is 59.3 Å². The van der Waals surface area contributed by atoms with Gasteiger partial charge in [0.15, 0.2) is 11.0 Å². The van der Waals surface area contributed by atoms with Crippen molar-refractivity contribution in [2.75, 3.05) is 6.54 Å². The van der Waals surface area contributed by atoms with Gasteiger partial charge in [0.2, 0.25) is 0 Å². The van der Waals surface area contributed by atoms with E-state index in [1.165, 1.54) is 0 Å². The maximum Gasteiger partial charge on any atom is 0.303 e. The van der Waals surface area contributed by atoms with E-state index < -0.39 is 38.6 Å². The van der Waals surface area contributed by atoms with Crippen LogP contribution >= 0.6 is 0 Å². The number of Topliss-reactive ketones (excluding diaryl/α,β-unsaturated/α-hetero) is 1. The summed E-state index contributed by atoms with van der Waals surface area (Å²) in [5, 5.41) is 10.2. The van der Waals surface area contributed by atoms with Crippen LogP contribution in [-0.4, -0.2) is 47.7 Å². The van der Waals surface area contributed by atoms with Crippen molar-refractivity contribution in [1.29, 1.82) is 0 Å². The van der Waals surface area contributed by atoms with Crippen LogP contribution < -0.4 is 5.32 Å². The molecule has 7 nitrogen and oxygen atoms in total. The molecule has 0 spiro atoms. The van der Waals surface area contributed by atoms with Crippen LogP contribution in [0.15, 0.2) is 0 Å². The lowest BCUT2D eigenvalue weighted by atomic mass is 9.83. The van der Waals surface area contributed by atoms with Gasteiger partial charge in [-0.25, -0.2) is 0 Å². The van der Waals surface area contributed by atoms with Gasteiger partial charge < -0.3 is 10.4 Å². The largest absolute Gasteiger partial charge is 0.481 e. The summed E-state index contributed by atoms with van der Waals surface area (Å²) in [5.74, 6) is -1.33. The van der Waals surface area contributed by atoms with E-state index in [0.717, 1.165) is 19.3 Å². The molecular formula is C16H29NO6S. The summed E-state index contributed by atoms with van der Waals surface area (Å²) >= 11 is 0. The van der Waals surface area contributed by atoms with Crippen molar-refractivity contribution >= 4 is 21.9 Å². The predicted octanol–water partition coefficient (Wildman–Crippen LogP) is 1.87. The topological polar surface area (TPSA) is 121 Å². The normalized spacial score (nSPS) is 23.2. The van der Waals surface area contributed by atoms with Crippen LogP contribution in [0.3, 0.4) is 0 Å². The zero-order valence-electron chi connectivity index (χ0n) is 14.6. The first-order valence-corrected chi connectivity index (χ1v) is 9.90. The van der Waals surface area contributed by atoms with Crippen LogP contribution in [0.2, 0.25) is 0 Å². The maximum absolute atomic E-state index is 12.6. The molecule has 1 heterocycles. The molecule has 8 heteroatoms. The zero-order chi connectivity index (χ0) is 18.5. The molecular weight excluding hydrogens is 334 g/mol. The molecule has 0 bridgehead atoms. The Morgan fingerprint density at radius 2 is 1.83 bits per heavy atom. The molecule has 0 aromatic heterocycles. The van der Waals surface area contributed by atoms with Crippen molar-refractivity contribution < 1.29 is 27.7 Å². The summed E-state index contributed by atoms with van der Waals surface area (Å²) in [4.78, 5) is 23.0. The minimum Gasteiger partial charge on any atom is -0.481 e. The fourth-order valence-electron chi connectivity index (χ4n) is 3.23. The number of carbonyl (C=O) groups is 2. The molecule has 0 radical (unpaired) electrons. The third-order valence-corrected chi connectivity index (χ3v) is 5.66. The molecule has 1 saturated heterocycles. The SMILES string of the molecule is CC(C)(C)C(=O)C(C1NCC[C@@H]1CCCCCC(=O)O)S(=O)(=O)O. The number of carboxylic acids is 1. The highest BCUT2D eigenvalue weighted by atomic mass is 32.2. The van der Waals surface area contributed by atoms with Crippen molar-refractivity contribution in [3.05, 3.63) is 0 Å². The first-order chi connectivity index (χ1) is 10.9. The van der Waals surface area contributed by atoms with Crippen molar-refractivity contribution in [1.82, 2.24) is 5.32 Å². The summed E-state index contributed by atoms with van der Waals surface area (Å²) in [6.45, 7) is 5.53. The van der Waals surface area contributed by atoms with Crippen molar-refractivity contribution in [2.45, 2.75) is 70.6 Å². The van der Waals surface area contributed by atoms with Gasteiger partial charge in [-0.2, -0.15) is 8.42 Å². The van der Waals surface area contributed by atoms with Crippen LogP contribution in [0.5, 0.6) is 0 Å². The Labute approximate surface area is 144 Å². The predicted molar refractivity (Wildman–Crippen MR) is 90.4 cm³/mol. The van der Waals surface area contributed by atoms with E-state index in [4.69, 9.17) is 5.11 Å². The molecule has 1 aliphatic heterocycles. The van der Waals surface area contributed by atoms with Gasteiger partial charge in [-0.3, -0.25) is 14.1 Å². The van der Waals surface area contributed by atoms with E-state index in [-0.39, 0.29) is 12.3 Å². The average Bonchev–Trinajstić information content (AvgIpc) is 2.83. The Morgan fingerprint density at radius 3 is 2.33 bits per heavy atom. The lowest BCUT2D eigenvalue weighted by Gasteiger charge is -2.30. The molecule has 3 N–H and O–H groups in total. The monoisotopic (exact) mass is 363 g/mol. The Bertz CT molecular complexity index is 551. The fraction of sp³-hybridized carbons (Fsp3) is 0.875. The van der Waals surface area contributed by atoms with Gasteiger partial charge in [-0.15, -0.1) is 0 Å². The average molecular weight is 363 g/mol.